The number of hydrogen-bond donors (Lipinski definition) is 0. The summed E-state index contributed by atoms with van der Waals surface area (Å²) in [5, 5.41) is 0.894. The molecule has 0 fully saturated rings. The highest BCUT2D eigenvalue weighted by atomic mass is 16.5. The van der Waals surface area contributed by atoms with E-state index in [1.807, 2.05) is 60.8 Å². The fourth-order valence-corrected chi connectivity index (χ4v) is 3.19. The van der Waals surface area contributed by atoms with Crippen LogP contribution in [0.5, 0.6) is 0 Å². The zero-order valence-corrected chi connectivity index (χ0v) is 14.4. The SMILES string of the molecule is COC(=O)c1cc(-c2ccccc2)cc2c1ccn2Cc1ccncc1. The van der Waals surface area contributed by atoms with Crippen LogP contribution in [0.25, 0.3) is 22.0 Å². The smallest absolute Gasteiger partial charge is 0.338 e. The van der Waals surface area contributed by atoms with Gasteiger partial charge in [0.25, 0.3) is 0 Å². The van der Waals surface area contributed by atoms with E-state index in [2.05, 4.69) is 15.6 Å². The highest BCUT2D eigenvalue weighted by Crippen LogP contribution is 2.29. The summed E-state index contributed by atoms with van der Waals surface area (Å²) in [5.74, 6) is -0.325. The molecule has 26 heavy (non-hydrogen) atoms. The van der Waals surface area contributed by atoms with Gasteiger partial charge in [-0.05, 0) is 47.0 Å². The van der Waals surface area contributed by atoms with Gasteiger partial charge in [-0.2, -0.15) is 0 Å². The maximum atomic E-state index is 12.3. The van der Waals surface area contributed by atoms with Crippen molar-refractivity contribution in [1.29, 1.82) is 0 Å². The number of aromatic nitrogens is 2. The fourth-order valence-electron chi connectivity index (χ4n) is 3.19. The summed E-state index contributed by atoms with van der Waals surface area (Å²) in [6, 6.07) is 20.0. The molecule has 0 N–H and O–H groups in total. The zero-order valence-electron chi connectivity index (χ0n) is 14.4. The van der Waals surface area contributed by atoms with E-state index >= 15 is 0 Å². The van der Waals surface area contributed by atoms with E-state index in [9.17, 15) is 4.79 Å². The third kappa shape index (κ3) is 2.97. The summed E-state index contributed by atoms with van der Waals surface area (Å²) in [6.07, 6.45) is 5.58. The number of nitrogens with zero attached hydrogens (tertiary/aromatic N) is 2. The Balaban J connectivity index is 1.89. The topological polar surface area (TPSA) is 44.1 Å². The number of rotatable bonds is 4. The van der Waals surface area contributed by atoms with Crippen molar-refractivity contribution in [3.63, 3.8) is 0 Å². The molecule has 0 bridgehead atoms. The molecule has 0 radical (unpaired) electrons. The highest BCUT2D eigenvalue weighted by Gasteiger charge is 2.15. The predicted octanol–water partition coefficient (Wildman–Crippen LogP) is 4.54. The number of ether oxygens (including phenoxy) is 1. The van der Waals surface area contributed by atoms with E-state index in [4.69, 9.17) is 4.74 Å². The Kier molecular flexibility index (Phi) is 4.23. The molecular formula is C22H18N2O2. The van der Waals surface area contributed by atoms with Crippen LogP contribution in [-0.4, -0.2) is 22.6 Å². The first-order valence-electron chi connectivity index (χ1n) is 8.42. The van der Waals surface area contributed by atoms with Gasteiger partial charge in [0.15, 0.2) is 0 Å². The van der Waals surface area contributed by atoms with Gasteiger partial charge in [-0.25, -0.2) is 4.79 Å². The summed E-state index contributed by atoms with van der Waals surface area (Å²) >= 11 is 0. The van der Waals surface area contributed by atoms with Gasteiger partial charge in [-0.15, -0.1) is 0 Å². The number of pyridine rings is 1. The first-order valence-corrected chi connectivity index (χ1v) is 8.42. The highest BCUT2D eigenvalue weighted by molar-refractivity contribution is 6.06. The normalized spacial score (nSPS) is 10.8. The second kappa shape index (κ2) is 6.84. The van der Waals surface area contributed by atoms with Gasteiger partial charge in [0, 0.05) is 36.0 Å². The van der Waals surface area contributed by atoms with Gasteiger partial charge < -0.3 is 9.30 Å². The molecule has 2 heterocycles. The Hall–Kier alpha value is -3.40. The van der Waals surface area contributed by atoms with E-state index in [1.54, 1.807) is 12.4 Å². The maximum absolute atomic E-state index is 12.3. The molecule has 0 saturated carbocycles. The second-order valence-corrected chi connectivity index (χ2v) is 6.11. The largest absolute Gasteiger partial charge is 0.465 e. The number of benzene rings is 2. The summed E-state index contributed by atoms with van der Waals surface area (Å²) in [6.45, 7) is 0.713. The molecule has 0 spiro atoms. The first kappa shape index (κ1) is 16.1. The van der Waals surface area contributed by atoms with Gasteiger partial charge in [0.1, 0.15) is 0 Å². The molecule has 4 nitrogen and oxygen atoms in total. The summed E-state index contributed by atoms with van der Waals surface area (Å²) in [5.41, 5.74) is 4.80. The van der Waals surface area contributed by atoms with Crippen molar-refractivity contribution in [2.24, 2.45) is 0 Å². The Morgan fingerprint density at radius 2 is 1.77 bits per heavy atom. The molecule has 2 aromatic carbocycles. The molecule has 0 atom stereocenters. The molecule has 4 heteroatoms. The minimum atomic E-state index is -0.325. The number of carbonyl (C=O) groups excluding carboxylic acids is 1. The van der Waals surface area contributed by atoms with Crippen LogP contribution in [0.3, 0.4) is 0 Å². The van der Waals surface area contributed by atoms with Crippen LogP contribution in [0.4, 0.5) is 0 Å². The maximum Gasteiger partial charge on any atom is 0.338 e. The molecule has 2 aromatic heterocycles. The number of esters is 1. The third-order valence-corrected chi connectivity index (χ3v) is 4.50. The van der Waals surface area contributed by atoms with Gasteiger partial charge >= 0.3 is 5.97 Å². The summed E-state index contributed by atoms with van der Waals surface area (Å²) < 4.78 is 7.15. The lowest BCUT2D eigenvalue weighted by molar-refractivity contribution is 0.0603. The molecule has 4 aromatic rings. The van der Waals surface area contributed by atoms with Gasteiger partial charge in [0.05, 0.1) is 12.7 Å². The van der Waals surface area contributed by atoms with Crippen LogP contribution >= 0.6 is 0 Å². The van der Waals surface area contributed by atoms with Gasteiger partial charge in [0.2, 0.25) is 0 Å². The van der Waals surface area contributed by atoms with Crippen molar-refractivity contribution in [3.05, 3.63) is 90.4 Å². The fraction of sp³-hybridized carbons (Fsp3) is 0.0909. The Bertz CT molecular complexity index is 1050. The standard InChI is InChI=1S/C22H18N2O2/c1-26-22(25)20-13-18(17-5-3-2-4-6-17)14-21-19(20)9-12-24(21)15-16-7-10-23-11-8-16/h2-14H,15H2,1H3. The average molecular weight is 342 g/mol. The van der Waals surface area contributed by atoms with Crippen LogP contribution in [0, 0.1) is 0 Å². The number of hydrogen-bond acceptors (Lipinski definition) is 3. The molecule has 0 aliphatic heterocycles. The van der Waals surface area contributed by atoms with E-state index in [0.717, 1.165) is 27.6 Å². The number of methoxy groups -OCH3 is 1. The van der Waals surface area contributed by atoms with E-state index < -0.39 is 0 Å². The number of fused-ring (bicyclic) bond motifs is 1. The molecule has 128 valence electrons. The van der Waals surface area contributed by atoms with Crippen molar-refractivity contribution >= 4 is 16.9 Å². The Morgan fingerprint density at radius 1 is 1.00 bits per heavy atom. The van der Waals surface area contributed by atoms with Crippen molar-refractivity contribution < 1.29 is 9.53 Å². The molecule has 0 amide bonds. The summed E-state index contributed by atoms with van der Waals surface area (Å²) in [4.78, 5) is 16.4. The first-order chi connectivity index (χ1) is 12.8. The quantitative estimate of drug-likeness (QED) is 0.512. The van der Waals surface area contributed by atoms with Crippen molar-refractivity contribution in [2.45, 2.75) is 6.54 Å². The van der Waals surface area contributed by atoms with Crippen LogP contribution in [0.2, 0.25) is 0 Å². The predicted molar refractivity (Wildman–Crippen MR) is 102 cm³/mol. The molecule has 0 aliphatic carbocycles. The lowest BCUT2D eigenvalue weighted by Crippen LogP contribution is -2.03. The lowest BCUT2D eigenvalue weighted by Gasteiger charge is -2.10. The molecule has 0 aliphatic rings. The van der Waals surface area contributed by atoms with Gasteiger partial charge in [-0.1, -0.05) is 30.3 Å². The molecular weight excluding hydrogens is 324 g/mol. The van der Waals surface area contributed by atoms with Crippen LogP contribution < -0.4 is 0 Å². The average Bonchev–Trinajstić information content (AvgIpc) is 3.11. The molecule has 4 rings (SSSR count). The van der Waals surface area contributed by atoms with E-state index in [0.29, 0.717) is 12.1 Å². The molecule has 0 saturated heterocycles. The third-order valence-electron chi connectivity index (χ3n) is 4.50. The minimum absolute atomic E-state index is 0.325. The lowest BCUT2D eigenvalue weighted by atomic mass is 10.00. The summed E-state index contributed by atoms with van der Waals surface area (Å²) in [7, 11) is 1.41. The van der Waals surface area contributed by atoms with Crippen LogP contribution in [0.15, 0.2) is 79.3 Å². The second-order valence-electron chi connectivity index (χ2n) is 6.11. The van der Waals surface area contributed by atoms with Crippen molar-refractivity contribution in [2.75, 3.05) is 7.11 Å². The Morgan fingerprint density at radius 3 is 2.50 bits per heavy atom. The number of carbonyl (C=O) groups is 1. The minimum Gasteiger partial charge on any atom is -0.465 e. The Labute approximate surface area is 151 Å². The van der Waals surface area contributed by atoms with E-state index in [1.165, 1.54) is 7.11 Å². The molecule has 0 unspecified atom stereocenters. The monoisotopic (exact) mass is 342 g/mol. The van der Waals surface area contributed by atoms with Crippen LogP contribution in [-0.2, 0) is 11.3 Å². The van der Waals surface area contributed by atoms with Gasteiger partial charge in [-0.3, -0.25) is 4.98 Å². The van der Waals surface area contributed by atoms with E-state index in [-0.39, 0.29) is 5.97 Å². The van der Waals surface area contributed by atoms with Crippen molar-refractivity contribution in [3.8, 4) is 11.1 Å². The van der Waals surface area contributed by atoms with Crippen molar-refractivity contribution in [1.82, 2.24) is 9.55 Å². The zero-order chi connectivity index (χ0) is 17.9. The van der Waals surface area contributed by atoms with Crippen LogP contribution in [0.1, 0.15) is 15.9 Å².